The van der Waals surface area contributed by atoms with Gasteiger partial charge in [-0.05, 0) is 28.5 Å². The third-order valence-electron chi connectivity index (χ3n) is 3.89. The van der Waals surface area contributed by atoms with Crippen molar-refractivity contribution in [2.75, 3.05) is 26.2 Å². The molecule has 2 aromatic rings. The number of aromatic amines is 1. The molecule has 0 radical (unpaired) electrons. The number of hydrogen-bond donors (Lipinski definition) is 1. The Morgan fingerprint density at radius 1 is 1.09 bits per heavy atom. The lowest BCUT2D eigenvalue weighted by Crippen LogP contribution is -2.51. The number of pyridine rings is 1. The highest BCUT2D eigenvalue weighted by Crippen LogP contribution is 2.11. The van der Waals surface area contributed by atoms with Crippen molar-refractivity contribution in [1.29, 1.82) is 0 Å². The van der Waals surface area contributed by atoms with Gasteiger partial charge < -0.3 is 14.8 Å². The van der Waals surface area contributed by atoms with E-state index in [2.05, 4.69) is 4.98 Å². The number of thiophene rings is 1. The summed E-state index contributed by atoms with van der Waals surface area (Å²) in [6.45, 7) is 2.09. The third kappa shape index (κ3) is 3.68. The van der Waals surface area contributed by atoms with Crippen LogP contribution in [0.1, 0.15) is 15.9 Å². The average molecular weight is 331 g/mol. The van der Waals surface area contributed by atoms with Crippen LogP contribution in [0.2, 0.25) is 0 Å². The van der Waals surface area contributed by atoms with Crippen molar-refractivity contribution in [2.24, 2.45) is 0 Å². The van der Waals surface area contributed by atoms with Crippen molar-refractivity contribution in [2.45, 2.75) is 6.42 Å². The molecule has 1 fully saturated rings. The summed E-state index contributed by atoms with van der Waals surface area (Å²) in [4.78, 5) is 41.6. The molecule has 0 spiro atoms. The van der Waals surface area contributed by atoms with E-state index < -0.39 is 0 Å². The summed E-state index contributed by atoms with van der Waals surface area (Å²) < 4.78 is 0. The monoisotopic (exact) mass is 331 g/mol. The number of nitrogens with one attached hydrogen (secondary N) is 1. The number of piperazine rings is 1. The van der Waals surface area contributed by atoms with E-state index in [1.807, 2.05) is 16.8 Å². The van der Waals surface area contributed by atoms with Gasteiger partial charge in [0.25, 0.3) is 5.91 Å². The molecule has 3 heterocycles. The normalized spacial score (nSPS) is 14.8. The molecule has 7 heteroatoms. The van der Waals surface area contributed by atoms with Crippen molar-refractivity contribution in [3.63, 3.8) is 0 Å². The Morgan fingerprint density at radius 2 is 1.83 bits per heavy atom. The molecule has 2 amide bonds. The van der Waals surface area contributed by atoms with Gasteiger partial charge in [0.15, 0.2) is 0 Å². The second-order valence-corrected chi connectivity index (χ2v) is 6.20. The van der Waals surface area contributed by atoms with E-state index in [0.717, 1.165) is 5.56 Å². The Kier molecular flexibility index (Phi) is 4.57. The number of carbonyl (C=O) groups is 2. The van der Waals surface area contributed by atoms with Crippen LogP contribution in [-0.4, -0.2) is 52.8 Å². The van der Waals surface area contributed by atoms with Gasteiger partial charge in [-0.25, -0.2) is 0 Å². The Labute approximate surface area is 137 Å². The minimum Gasteiger partial charge on any atom is -0.339 e. The number of carbonyl (C=O) groups excluding carboxylic acids is 2. The second-order valence-electron chi connectivity index (χ2n) is 5.42. The summed E-state index contributed by atoms with van der Waals surface area (Å²) in [7, 11) is 0. The van der Waals surface area contributed by atoms with Gasteiger partial charge in [-0.2, -0.15) is 11.3 Å². The molecule has 2 aromatic heterocycles. The van der Waals surface area contributed by atoms with E-state index in [4.69, 9.17) is 0 Å². The van der Waals surface area contributed by atoms with Crippen molar-refractivity contribution in [3.05, 3.63) is 56.6 Å². The van der Waals surface area contributed by atoms with Crippen LogP contribution < -0.4 is 5.56 Å². The molecule has 1 aliphatic rings. The lowest BCUT2D eigenvalue weighted by Gasteiger charge is -2.34. The zero-order valence-corrected chi connectivity index (χ0v) is 13.3. The quantitative estimate of drug-likeness (QED) is 0.910. The molecule has 0 aromatic carbocycles. The van der Waals surface area contributed by atoms with Gasteiger partial charge >= 0.3 is 0 Å². The third-order valence-corrected chi connectivity index (χ3v) is 4.62. The molecule has 0 unspecified atom stereocenters. The van der Waals surface area contributed by atoms with Crippen LogP contribution >= 0.6 is 11.3 Å². The number of amides is 2. The van der Waals surface area contributed by atoms with Gasteiger partial charge in [0.05, 0.1) is 12.0 Å². The maximum absolute atomic E-state index is 12.3. The maximum Gasteiger partial charge on any atom is 0.255 e. The lowest BCUT2D eigenvalue weighted by atomic mass is 10.2. The number of aromatic nitrogens is 1. The molecular weight excluding hydrogens is 314 g/mol. The molecule has 120 valence electrons. The molecule has 1 saturated heterocycles. The average Bonchev–Trinajstić information content (AvgIpc) is 3.08. The van der Waals surface area contributed by atoms with E-state index in [-0.39, 0.29) is 17.4 Å². The topological polar surface area (TPSA) is 73.5 Å². The van der Waals surface area contributed by atoms with E-state index in [1.54, 1.807) is 21.1 Å². The first-order valence-electron chi connectivity index (χ1n) is 7.40. The van der Waals surface area contributed by atoms with Crippen molar-refractivity contribution in [3.8, 4) is 0 Å². The molecule has 1 N–H and O–H groups in total. The molecular formula is C16H17N3O3S. The van der Waals surface area contributed by atoms with Crippen LogP contribution in [0.15, 0.2) is 40.0 Å². The number of H-pyrrole nitrogens is 1. The Morgan fingerprint density at radius 3 is 2.43 bits per heavy atom. The van der Waals surface area contributed by atoms with Crippen molar-refractivity contribution >= 4 is 23.2 Å². The fourth-order valence-corrected chi connectivity index (χ4v) is 3.23. The van der Waals surface area contributed by atoms with Crippen LogP contribution in [0.3, 0.4) is 0 Å². The number of nitrogens with zero attached hydrogens (tertiary/aromatic N) is 2. The summed E-state index contributed by atoms with van der Waals surface area (Å²) in [5.41, 5.74) is 1.26. The van der Waals surface area contributed by atoms with E-state index in [1.165, 1.54) is 18.3 Å². The highest BCUT2D eigenvalue weighted by molar-refractivity contribution is 7.08. The SMILES string of the molecule is O=C(Cc1ccsc1)N1CCN(C(=O)c2ccc(=O)[nH]c2)CC1. The van der Waals surface area contributed by atoms with Crippen LogP contribution in [-0.2, 0) is 11.2 Å². The molecule has 23 heavy (non-hydrogen) atoms. The Balaban J connectivity index is 1.55. The van der Waals surface area contributed by atoms with Gasteiger partial charge in [0.1, 0.15) is 0 Å². The maximum atomic E-state index is 12.3. The van der Waals surface area contributed by atoms with Crippen LogP contribution in [0, 0.1) is 0 Å². The summed E-state index contributed by atoms with van der Waals surface area (Å²) in [5.74, 6) is -0.0225. The first kappa shape index (κ1) is 15.5. The number of rotatable bonds is 3. The predicted molar refractivity (Wildman–Crippen MR) is 87.6 cm³/mol. The van der Waals surface area contributed by atoms with E-state index in [9.17, 15) is 14.4 Å². The van der Waals surface area contributed by atoms with Crippen LogP contribution in [0.5, 0.6) is 0 Å². The predicted octanol–water partition coefficient (Wildman–Crippen LogP) is 0.964. The minimum absolute atomic E-state index is 0.0968. The fourth-order valence-electron chi connectivity index (χ4n) is 2.56. The summed E-state index contributed by atoms with van der Waals surface area (Å²) in [6, 6.07) is 4.82. The summed E-state index contributed by atoms with van der Waals surface area (Å²) in [6.07, 6.45) is 1.84. The van der Waals surface area contributed by atoms with Gasteiger partial charge in [0, 0.05) is 38.4 Å². The zero-order valence-electron chi connectivity index (χ0n) is 12.5. The van der Waals surface area contributed by atoms with Gasteiger partial charge in [-0.15, -0.1) is 0 Å². The highest BCUT2D eigenvalue weighted by Gasteiger charge is 2.24. The summed E-state index contributed by atoms with van der Waals surface area (Å²) >= 11 is 1.58. The molecule has 0 atom stereocenters. The molecule has 6 nitrogen and oxygen atoms in total. The van der Waals surface area contributed by atoms with Crippen LogP contribution in [0.25, 0.3) is 0 Å². The van der Waals surface area contributed by atoms with Crippen molar-refractivity contribution in [1.82, 2.24) is 14.8 Å². The fraction of sp³-hybridized carbons (Fsp3) is 0.312. The van der Waals surface area contributed by atoms with Gasteiger partial charge in [-0.3, -0.25) is 14.4 Å². The van der Waals surface area contributed by atoms with E-state index >= 15 is 0 Å². The smallest absolute Gasteiger partial charge is 0.255 e. The molecule has 0 saturated carbocycles. The summed E-state index contributed by atoms with van der Waals surface area (Å²) in [5, 5.41) is 3.94. The Hall–Kier alpha value is -2.41. The highest BCUT2D eigenvalue weighted by atomic mass is 32.1. The van der Waals surface area contributed by atoms with E-state index in [0.29, 0.717) is 38.2 Å². The van der Waals surface area contributed by atoms with Crippen molar-refractivity contribution < 1.29 is 9.59 Å². The Bertz CT molecular complexity index is 726. The first-order valence-corrected chi connectivity index (χ1v) is 8.34. The first-order chi connectivity index (χ1) is 11.1. The lowest BCUT2D eigenvalue weighted by molar-refractivity contribution is -0.131. The largest absolute Gasteiger partial charge is 0.339 e. The number of hydrogen-bond acceptors (Lipinski definition) is 4. The van der Waals surface area contributed by atoms with Gasteiger partial charge in [0.2, 0.25) is 11.5 Å². The molecule has 1 aliphatic heterocycles. The van der Waals surface area contributed by atoms with Gasteiger partial charge in [-0.1, -0.05) is 0 Å². The zero-order chi connectivity index (χ0) is 16.2. The second kappa shape index (κ2) is 6.78. The molecule has 0 aliphatic carbocycles. The minimum atomic E-state index is -0.231. The standard InChI is InChI=1S/C16H17N3O3S/c20-14-2-1-13(10-17-14)16(22)19-6-4-18(5-7-19)15(21)9-12-3-8-23-11-12/h1-3,8,10-11H,4-7,9H2,(H,17,20). The molecule has 0 bridgehead atoms. The molecule has 3 rings (SSSR count). The van der Waals surface area contributed by atoms with Crippen LogP contribution in [0.4, 0.5) is 0 Å².